The number of hydrogen-bond donors (Lipinski definition) is 1. The van der Waals surface area contributed by atoms with Crippen LogP contribution in [0.5, 0.6) is 0 Å². The second kappa shape index (κ2) is 9.02. The summed E-state index contributed by atoms with van der Waals surface area (Å²) >= 11 is 18.7. The molecule has 0 aliphatic carbocycles. The molecule has 0 bridgehead atoms. The van der Waals surface area contributed by atoms with Crippen molar-refractivity contribution in [2.24, 2.45) is 0 Å². The average molecular weight is 511 g/mol. The number of hydrogen-bond acceptors (Lipinski definition) is 2. The van der Waals surface area contributed by atoms with Crippen LogP contribution in [0, 0.1) is 19.7 Å². The van der Waals surface area contributed by atoms with Crippen molar-refractivity contribution in [1.82, 2.24) is 14.9 Å². The van der Waals surface area contributed by atoms with Gasteiger partial charge in [-0.15, -0.1) is 0 Å². The third-order valence-electron chi connectivity index (χ3n) is 6.16. The van der Waals surface area contributed by atoms with Crippen LogP contribution >= 0.6 is 35.4 Å². The fourth-order valence-corrected chi connectivity index (χ4v) is 5.40. The molecule has 1 aliphatic heterocycles. The third kappa shape index (κ3) is 3.86. The van der Waals surface area contributed by atoms with E-state index in [1.807, 2.05) is 42.2 Å². The topological polar surface area (TPSA) is 33.1 Å². The lowest BCUT2D eigenvalue weighted by molar-refractivity contribution is 0.565. The third-order valence-corrected chi connectivity index (χ3v) is 7.29. The highest BCUT2D eigenvalue weighted by atomic mass is 35.5. The largest absolute Gasteiger partial charge is 0.351 e. The summed E-state index contributed by atoms with van der Waals surface area (Å²) in [6.45, 7) is 4.09. The highest BCUT2D eigenvalue weighted by Gasteiger charge is 2.42. The van der Waals surface area contributed by atoms with Gasteiger partial charge in [0.05, 0.1) is 33.5 Å². The van der Waals surface area contributed by atoms with Crippen molar-refractivity contribution in [2.45, 2.75) is 25.9 Å². The lowest BCUT2D eigenvalue weighted by atomic mass is 9.96. The fourth-order valence-electron chi connectivity index (χ4n) is 4.67. The highest BCUT2D eigenvalue weighted by Crippen LogP contribution is 2.44. The molecule has 1 aliphatic rings. The molecule has 8 heteroatoms. The maximum atomic E-state index is 13.7. The zero-order chi connectivity index (χ0) is 24.0. The van der Waals surface area contributed by atoms with E-state index in [9.17, 15) is 4.39 Å². The van der Waals surface area contributed by atoms with Crippen LogP contribution < -0.4 is 10.2 Å². The standard InChI is InChI=1S/C26H21Cl2FN4S/c1-15-14-19(16(2)32(15)22-8-5-6-20(27)23(22)28)25-24(21-7-3-4-13-30-21)31-26(34)33(25)18-11-9-17(29)10-12-18/h3-14,24-25H,1-2H3,(H,31,34). The first-order valence-corrected chi connectivity index (χ1v) is 11.9. The average Bonchev–Trinajstić information content (AvgIpc) is 3.32. The van der Waals surface area contributed by atoms with Gasteiger partial charge >= 0.3 is 0 Å². The Balaban J connectivity index is 1.70. The zero-order valence-electron chi connectivity index (χ0n) is 18.5. The van der Waals surface area contributed by atoms with E-state index in [1.165, 1.54) is 12.1 Å². The maximum Gasteiger partial charge on any atom is 0.174 e. The molecule has 172 valence electrons. The van der Waals surface area contributed by atoms with E-state index in [4.69, 9.17) is 35.4 Å². The summed E-state index contributed by atoms with van der Waals surface area (Å²) < 4.78 is 15.8. The van der Waals surface area contributed by atoms with Crippen LogP contribution in [0.25, 0.3) is 5.69 Å². The summed E-state index contributed by atoms with van der Waals surface area (Å²) in [7, 11) is 0. The summed E-state index contributed by atoms with van der Waals surface area (Å²) in [6, 6.07) is 19.5. The fraction of sp³-hybridized carbons (Fsp3) is 0.154. The van der Waals surface area contributed by atoms with Gasteiger partial charge in [-0.05, 0) is 86.2 Å². The molecule has 34 heavy (non-hydrogen) atoms. The Labute approximate surface area is 213 Å². The van der Waals surface area contributed by atoms with E-state index < -0.39 is 0 Å². The van der Waals surface area contributed by atoms with Gasteiger partial charge in [0.15, 0.2) is 5.11 Å². The van der Waals surface area contributed by atoms with Crippen molar-refractivity contribution in [1.29, 1.82) is 0 Å². The number of halogens is 3. The number of benzene rings is 2. The van der Waals surface area contributed by atoms with Gasteiger partial charge in [0.1, 0.15) is 5.82 Å². The SMILES string of the molecule is Cc1cc(C2C(c3ccccn3)NC(=S)N2c2ccc(F)cc2)c(C)n1-c1cccc(Cl)c1Cl. The van der Waals surface area contributed by atoms with Gasteiger partial charge in [0.2, 0.25) is 0 Å². The van der Waals surface area contributed by atoms with Crippen molar-refractivity contribution in [3.63, 3.8) is 0 Å². The molecule has 4 aromatic rings. The summed E-state index contributed by atoms with van der Waals surface area (Å²) in [6.07, 6.45) is 1.77. The minimum Gasteiger partial charge on any atom is -0.351 e. The molecule has 2 aromatic carbocycles. The van der Waals surface area contributed by atoms with E-state index >= 15 is 0 Å². The monoisotopic (exact) mass is 510 g/mol. The molecule has 4 nitrogen and oxygen atoms in total. The predicted octanol–water partition coefficient (Wildman–Crippen LogP) is 7.11. The molecule has 2 aromatic heterocycles. The van der Waals surface area contributed by atoms with Gasteiger partial charge in [0, 0.05) is 23.3 Å². The van der Waals surface area contributed by atoms with Crippen molar-refractivity contribution in [3.8, 4) is 5.69 Å². The van der Waals surface area contributed by atoms with Gasteiger partial charge < -0.3 is 14.8 Å². The molecule has 0 spiro atoms. The predicted molar refractivity (Wildman–Crippen MR) is 140 cm³/mol. The molecular formula is C26H21Cl2FN4S. The van der Waals surface area contributed by atoms with Crippen LogP contribution in [0.2, 0.25) is 10.0 Å². The first kappa shape index (κ1) is 22.8. The minimum absolute atomic E-state index is 0.206. The van der Waals surface area contributed by atoms with E-state index in [0.29, 0.717) is 15.2 Å². The number of aromatic nitrogens is 2. The first-order valence-electron chi connectivity index (χ1n) is 10.8. The number of anilines is 1. The van der Waals surface area contributed by atoms with E-state index in [2.05, 4.69) is 27.9 Å². The molecule has 1 N–H and O–H groups in total. The normalized spacial score (nSPS) is 17.8. The minimum atomic E-state index is -0.298. The van der Waals surface area contributed by atoms with Crippen molar-refractivity contribution in [3.05, 3.63) is 111 Å². The summed E-state index contributed by atoms with van der Waals surface area (Å²) in [4.78, 5) is 6.63. The Bertz CT molecular complexity index is 1370. The molecule has 5 rings (SSSR count). The second-order valence-electron chi connectivity index (χ2n) is 8.21. The molecule has 2 atom stereocenters. The Kier molecular flexibility index (Phi) is 6.06. The van der Waals surface area contributed by atoms with Crippen LogP contribution in [-0.4, -0.2) is 14.7 Å². The Morgan fingerprint density at radius 2 is 1.76 bits per heavy atom. The highest BCUT2D eigenvalue weighted by molar-refractivity contribution is 7.80. The van der Waals surface area contributed by atoms with Crippen LogP contribution in [0.15, 0.2) is 72.9 Å². The quantitative estimate of drug-likeness (QED) is 0.296. The van der Waals surface area contributed by atoms with E-state index in [-0.39, 0.29) is 17.9 Å². The number of aryl methyl sites for hydroxylation is 1. The molecule has 0 amide bonds. The molecule has 1 saturated heterocycles. The van der Waals surface area contributed by atoms with Gasteiger partial charge in [-0.2, -0.15) is 0 Å². The lowest BCUT2D eigenvalue weighted by Crippen LogP contribution is -2.29. The molecule has 0 saturated carbocycles. The molecule has 0 radical (unpaired) electrons. The van der Waals surface area contributed by atoms with E-state index in [1.54, 1.807) is 24.4 Å². The summed E-state index contributed by atoms with van der Waals surface area (Å²) in [5, 5.41) is 4.99. The van der Waals surface area contributed by atoms with Gasteiger partial charge in [0.25, 0.3) is 0 Å². The molecule has 2 unspecified atom stereocenters. The van der Waals surface area contributed by atoms with Crippen LogP contribution in [0.4, 0.5) is 10.1 Å². The number of nitrogens with zero attached hydrogens (tertiary/aromatic N) is 3. The van der Waals surface area contributed by atoms with Gasteiger partial charge in [-0.3, -0.25) is 4.98 Å². The smallest absolute Gasteiger partial charge is 0.174 e. The second-order valence-corrected chi connectivity index (χ2v) is 9.38. The molecular weight excluding hydrogens is 490 g/mol. The van der Waals surface area contributed by atoms with Crippen LogP contribution in [0.3, 0.4) is 0 Å². The maximum absolute atomic E-state index is 13.7. The molecule has 3 heterocycles. The first-order chi connectivity index (χ1) is 16.4. The Morgan fingerprint density at radius 1 is 1.00 bits per heavy atom. The van der Waals surface area contributed by atoms with Crippen LogP contribution in [-0.2, 0) is 0 Å². The number of thiocarbonyl (C=S) groups is 1. The Hall–Kier alpha value is -2.93. The number of pyridine rings is 1. The summed E-state index contributed by atoms with van der Waals surface area (Å²) in [5.41, 5.74) is 5.55. The number of nitrogens with one attached hydrogen (secondary N) is 1. The molecule has 1 fully saturated rings. The lowest BCUT2D eigenvalue weighted by Gasteiger charge is -2.28. The van der Waals surface area contributed by atoms with Crippen LogP contribution in [0.1, 0.15) is 34.7 Å². The van der Waals surface area contributed by atoms with E-state index in [0.717, 1.165) is 34.0 Å². The van der Waals surface area contributed by atoms with Gasteiger partial charge in [-0.25, -0.2) is 4.39 Å². The van der Waals surface area contributed by atoms with Crippen molar-refractivity contribution >= 4 is 46.2 Å². The number of rotatable bonds is 4. The zero-order valence-corrected chi connectivity index (χ0v) is 20.8. The summed E-state index contributed by atoms with van der Waals surface area (Å²) in [5.74, 6) is -0.298. The van der Waals surface area contributed by atoms with Crippen molar-refractivity contribution in [2.75, 3.05) is 4.90 Å². The van der Waals surface area contributed by atoms with Crippen molar-refractivity contribution < 1.29 is 4.39 Å². The Morgan fingerprint density at radius 3 is 2.47 bits per heavy atom. The van der Waals surface area contributed by atoms with Gasteiger partial charge in [-0.1, -0.05) is 35.3 Å².